The Kier molecular flexibility index (Phi) is 5.03. The van der Waals surface area contributed by atoms with Crippen molar-refractivity contribution >= 4 is 27.1 Å². The number of thiazole rings is 1. The summed E-state index contributed by atoms with van der Waals surface area (Å²) < 4.78 is 24.5. The minimum absolute atomic E-state index is 0.0449. The van der Waals surface area contributed by atoms with Crippen LogP contribution in [-0.4, -0.2) is 25.1 Å². The molecule has 28 heavy (non-hydrogen) atoms. The van der Waals surface area contributed by atoms with E-state index >= 15 is 0 Å². The Labute approximate surface area is 168 Å². The van der Waals surface area contributed by atoms with Crippen molar-refractivity contribution in [1.29, 1.82) is 0 Å². The topological polar surface area (TPSA) is 76.1 Å². The van der Waals surface area contributed by atoms with Crippen molar-refractivity contribution in [2.45, 2.75) is 30.7 Å². The fraction of sp³-hybridized carbons (Fsp3) is 0.238. The zero-order chi connectivity index (χ0) is 19.7. The molecule has 1 aromatic heterocycles. The van der Waals surface area contributed by atoms with E-state index < -0.39 is 9.84 Å². The van der Waals surface area contributed by atoms with Gasteiger partial charge in [0.1, 0.15) is 5.01 Å². The molecule has 0 saturated heterocycles. The summed E-state index contributed by atoms with van der Waals surface area (Å²) in [4.78, 5) is 17.4. The van der Waals surface area contributed by atoms with Crippen LogP contribution in [0.4, 0.5) is 0 Å². The summed E-state index contributed by atoms with van der Waals surface area (Å²) in [6, 6.07) is 14.7. The molecule has 0 radical (unpaired) electrons. The lowest BCUT2D eigenvalue weighted by Gasteiger charge is -2.26. The first-order valence-electron chi connectivity index (χ1n) is 9.05. The second-order valence-corrected chi connectivity index (χ2v) is 9.89. The van der Waals surface area contributed by atoms with Crippen LogP contribution in [-0.2, 0) is 21.1 Å². The summed E-state index contributed by atoms with van der Waals surface area (Å²) in [6.07, 6.45) is 0.560. The molecule has 144 valence electrons. The van der Waals surface area contributed by atoms with Gasteiger partial charge in [-0.3, -0.25) is 4.79 Å². The maximum atomic E-state index is 12.5. The highest BCUT2D eigenvalue weighted by Crippen LogP contribution is 2.32. The molecule has 0 saturated carbocycles. The van der Waals surface area contributed by atoms with Crippen LogP contribution in [0.1, 0.15) is 29.3 Å². The summed E-state index contributed by atoms with van der Waals surface area (Å²) in [7, 11) is -3.26. The number of sulfone groups is 1. The molecule has 4 rings (SSSR count). The average molecular weight is 413 g/mol. The van der Waals surface area contributed by atoms with E-state index in [4.69, 9.17) is 0 Å². The lowest BCUT2D eigenvalue weighted by molar-refractivity contribution is -0.121. The number of aromatic nitrogens is 1. The van der Waals surface area contributed by atoms with Crippen LogP contribution >= 0.6 is 11.3 Å². The normalized spacial score (nSPS) is 17.7. The van der Waals surface area contributed by atoms with E-state index in [9.17, 15) is 13.2 Å². The van der Waals surface area contributed by atoms with E-state index in [-0.39, 0.29) is 24.1 Å². The van der Waals surface area contributed by atoms with Crippen LogP contribution in [0.25, 0.3) is 10.6 Å². The van der Waals surface area contributed by atoms with E-state index in [1.54, 1.807) is 24.3 Å². The summed E-state index contributed by atoms with van der Waals surface area (Å²) >= 11 is 1.51. The van der Waals surface area contributed by atoms with Gasteiger partial charge in [-0.1, -0.05) is 48.0 Å². The third-order valence-corrected chi connectivity index (χ3v) is 7.59. The molecule has 1 amide bonds. The van der Waals surface area contributed by atoms with Crippen molar-refractivity contribution in [3.63, 3.8) is 0 Å². The van der Waals surface area contributed by atoms with Gasteiger partial charge in [-0.25, -0.2) is 13.4 Å². The van der Waals surface area contributed by atoms with Crippen LogP contribution in [0.5, 0.6) is 0 Å². The van der Waals surface area contributed by atoms with Gasteiger partial charge in [0.2, 0.25) is 5.91 Å². The highest BCUT2D eigenvalue weighted by atomic mass is 32.2. The minimum Gasteiger partial charge on any atom is -0.349 e. The molecule has 1 N–H and O–H groups in total. The standard InChI is InChI=1S/C21H20N2O3S2/c1-14-6-8-15(9-7-14)21-22-16(13-27-21)12-20(24)23-18-10-11-28(25,26)19-5-3-2-4-17(18)19/h2-9,13,18H,10-12H2,1H3,(H,23,24)/t18-/m1/s1. The second kappa shape index (κ2) is 7.48. The van der Waals surface area contributed by atoms with Gasteiger partial charge in [0.25, 0.3) is 0 Å². The highest BCUT2D eigenvalue weighted by Gasteiger charge is 2.30. The SMILES string of the molecule is Cc1ccc(-c2nc(CC(=O)N[C@@H]3CCS(=O)(=O)c4ccccc43)cs2)cc1. The number of carbonyl (C=O) groups is 1. The predicted octanol–water partition coefficient (Wildman–Crippen LogP) is 3.70. The van der Waals surface area contributed by atoms with Crippen molar-refractivity contribution in [1.82, 2.24) is 10.3 Å². The third-order valence-electron chi connectivity index (χ3n) is 4.83. The molecule has 3 aromatic rings. The van der Waals surface area contributed by atoms with Crippen molar-refractivity contribution in [2.24, 2.45) is 0 Å². The fourth-order valence-electron chi connectivity index (χ4n) is 3.37. The zero-order valence-electron chi connectivity index (χ0n) is 15.4. The molecule has 0 unspecified atom stereocenters. The lowest BCUT2D eigenvalue weighted by atomic mass is 10.0. The molecule has 0 aliphatic carbocycles. The Bertz CT molecular complexity index is 1120. The highest BCUT2D eigenvalue weighted by molar-refractivity contribution is 7.91. The molecular weight excluding hydrogens is 392 g/mol. The number of fused-ring (bicyclic) bond motifs is 1. The number of rotatable bonds is 4. The van der Waals surface area contributed by atoms with Gasteiger partial charge in [-0.15, -0.1) is 11.3 Å². The summed E-state index contributed by atoms with van der Waals surface area (Å²) in [5.41, 5.74) is 3.61. The molecule has 0 fully saturated rings. The van der Waals surface area contributed by atoms with Gasteiger partial charge in [0.05, 0.1) is 28.8 Å². The number of benzene rings is 2. The molecule has 2 heterocycles. The number of aryl methyl sites for hydroxylation is 1. The van der Waals surface area contributed by atoms with Gasteiger partial charge in [-0.2, -0.15) is 0 Å². The zero-order valence-corrected chi connectivity index (χ0v) is 17.0. The van der Waals surface area contributed by atoms with E-state index in [1.165, 1.54) is 16.9 Å². The first-order valence-corrected chi connectivity index (χ1v) is 11.6. The number of carbonyl (C=O) groups excluding carboxylic acids is 1. The molecule has 7 heteroatoms. The van der Waals surface area contributed by atoms with E-state index in [0.717, 1.165) is 16.3 Å². The largest absolute Gasteiger partial charge is 0.349 e. The number of nitrogens with one attached hydrogen (secondary N) is 1. The third kappa shape index (κ3) is 3.86. The quantitative estimate of drug-likeness (QED) is 0.709. The molecular formula is C21H20N2O3S2. The maximum Gasteiger partial charge on any atom is 0.226 e. The Balaban J connectivity index is 1.46. The van der Waals surface area contributed by atoms with Crippen molar-refractivity contribution in [3.8, 4) is 10.6 Å². The maximum absolute atomic E-state index is 12.5. The average Bonchev–Trinajstić information content (AvgIpc) is 3.13. The molecule has 1 aliphatic heterocycles. The van der Waals surface area contributed by atoms with Crippen LogP contribution in [0, 0.1) is 6.92 Å². The van der Waals surface area contributed by atoms with E-state index in [0.29, 0.717) is 16.9 Å². The molecule has 1 aliphatic rings. The molecule has 1 atom stereocenters. The summed E-state index contributed by atoms with van der Waals surface area (Å²) in [5.74, 6) is -0.108. The molecule has 5 nitrogen and oxygen atoms in total. The van der Waals surface area contributed by atoms with E-state index in [2.05, 4.69) is 10.3 Å². The van der Waals surface area contributed by atoms with Gasteiger partial charge < -0.3 is 5.32 Å². The fourth-order valence-corrected chi connectivity index (χ4v) is 5.81. The smallest absolute Gasteiger partial charge is 0.226 e. The first kappa shape index (κ1) is 18.8. The van der Waals surface area contributed by atoms with Gasteiger partial charge in [0, 0.05) is 10.9 Å². The van der Waals surface area contributed by atoms with Crippen LogP contribution < -0.4 is 5.32 Å². The number of hydrogen-bond donors (Lipinski definition) is 1. The van der Waals surface area contributed by atoms with E-state index in [1.807, 2.05) is 36.6 Å². The van der Waals surface area contributed by atoms with Crippen LogP contribution in [0.15, 0.2) is 58.8 Å². The number of nitrogens with zero attached hydrogens (tertiary/aromatic N) is 1. The molecule has 0 bridgehead atoms. The number of amides is 1. The first-order chi connectivity index (χ1) is 13.4. The van der Waals surface area contributed by atoms with Gasteiger partial charge >= 0.3 is 0 Å². The monoisotopic (exact) mass is 412 g/mol. The van der Waals surface area contributed by atoms with Crippen molar-refractivity contribution in [2.75, 3.05) is 5.75 Å². The Hall–Kier alpha value is -2.51. The Morgan fingerprint density at radius 2 is 1.93 bits per heavy atom. The van der Waals surface area contributed by atoms with Crippen LogP contribution in [0.3, 0.4) is 0 Å². The lowest BCUT2D eigenvalue weighted by Crippen LogP contribution is -2.34. The molecule has 0 spiro atoms. The van der Waals surface area contributed by atoms with Gasteiger partial charge in [-0.05, 0) is 25.0 Å². The second-order valence-electron chi connectivity index (χ2n) is 6.95. The Morgan fingerprint density at radius 3 is 2.71 bits per heavy atom. The Morgan fingerprint density at radius 1 is 1.18 bits per heavy atom. The van der Waals surface area contributed by atoms with Crippen LogP contribution in [0.2, 0.25) is 0 Å². The summed E-state index contributed by atoms with van der Waals surface area (Å²) in [5, 5.41) is 5.76. The predicted molar refractivity (Wildman–Crippen MR) is 110 cm³/mol. The van der Waals surface area contributed by atoms with Crippen molar-refractivity contribution in [3.05, 3.63) is 70.7 Å². The summed E-state index contributed by atoms with van der Waals surface area (Å²) in [6.45, 7) is 2.04. The number of hydrogen-bond acceptors (Lipinski definition) is 5. The molecule has 2 aromatic carbocycles. The van der Waals surface area contributed by atoms with Crippen molar-refractivity contribution < 1.29 is 13.2 Å². The minimum atomic E-state index is -3.26. The van der Waals surface area contributed by atoms with Gasteiger partial charge in [0.15, 0.2) is 9.84 Å².